The van der Waals surface area contributed by atoms with Gasteiger partial charge in [0.25, 0.3) is 0 Å². The van der Waals surface area contributed by atoms with E-state index in [1.807, 2.05) is 48.5 Å². The number of ether oxygens (including phenoxy) is 1. The number of aliphatic carboxylic acids is 1. The van der Waals surface area contributed by atoms with Crippen molar-refractivity contribution >= 4 is 34.8 Å². The first-order chi connectivity index (χ1) is 15.6. The number of amides is 1. The summed E-state index contributed by atoms with van der Waals surface area (Å²) in [6.45, 7) is 0.366. The van der Waals surface area contributed by atoms with E-state index in [1.165, 1.54) is 17.5 Å². The summed E-state index contributed by atoms with van der Waals surface area (Å²) in [5, 5.41) is 15.3. The van der Waals surface area contributed by atoms with Crippen LogP contribution in [0.1, 0.15) is 33.1 Å². The number of hydrogen-bond acceptors (Lipinski definition) is 7. The lowest BCUT2D eigenvalue weighted by Gasteiger charge is -2.17. The molecular formula is C23H21N3O5S. The predicted molar refractivity (Wildman–Crippen MR) is 120 cm³/mol. The van der Waals surface area contributed by atoms with E-state index in [0.29, 0.717) is 16.3 Å². The van der Waals surface area contributed by atoms with Crippen LogP contribution >= 0.6 is 11.3 Å². The fourth-order valence-corrected chi connectivity index (χ4v) is 4.44. The van der Waals surface area contributed by atoms with E-state index in [4.69, 9.17) is 4.74 Å². The number of aldehydes is 1. The highest BCUT2D eigenvalue weighted by Gasteiger charge is 2.29. The monoisotopic (exact) mass is 451 g/mol. The van der Waals surface area contributed by atoms with Gasteiger partial charge in [-0.15, -0.1) is 0 Å². The number of rotatable bonds is 9. The van der Waals surface area contributed by atoms with Crippen molar-refractivity contribution in [3.8, 4) is 11.1 Å². The van der Waals surface area contributed by atoms with Crippen LogP contribution in [0.2, 0.25) is 0 Å². The van der Waals surface area contributed by atoms with Crippen LogP contribution in [0.15, 0.2) is 54.7 Å². The minimum absolute atomic E-state index is 0.102. The first-order valence-corrected chi connectivity index (χ1v) is 10.9. The highest BCUT2D eigenvalue weighted by Crippen LogP contribution is 2.44. The number of nitrogens with one attached hydrogen (secondary N) is 2. The fraction of sp³-hybridized carbons (Fsp3) is 0.217. The number of hydrogen-bond donors (Lipinski definition) is 3. The van der Waals surface area contributed by atoms with E-state index < -0.39 is 18.1 Å². The number of carbonyl (C=O) groups is 3. The molecule has 1 unspecified atom stereocenters. The van der Waals surface area contributed by atoms with Gasteiger partial charge < -0.3 is 20.5 Å². The van der Waals surface area contributed by atoms with Gasteiger partial charge in [-0.05, 0) is 28.7 Å². The van der Waals surface area contributed by atoms with E-state index >= 15 is 0 Å². The van der Waals surface area contributed by atoms with Crippen LogP contribution in [0, 0.1) is 0 Å². The summed E-state index contributed by atoms with van der Waals surface area (Å²) in [6.07, 6.45) is 1.47. The van der Waals surface area contributed by atoms with Crippen molar-refractivity contribution in [3.05, 3.63) is 70.7 Å². The number of fused-ring (bicyclic) bond motifs is 3. The maximum Gasteiger partial charge on any atom is 0.407 e. The summed E-state index contributed by atoms with van der Waals surface area (Å²) in [7, 11) is 0. The number of carboxylic acid groups (broad SMARTS) is 1. The number of nitrogens with zero attached hydrogens (tertiary/aromatic N) is 1. The SMILES string of the molecule is O=Cc1cnc(NCCC(NC(=O)OCC2c3ccccc3-c3ccccc32)C(=O)O)s1. The molecule has 3 aromatic rings. The Kier molecular flexibility index (Phi) is 6.46. The molecule has 1 heterocycles. The van der Waals surface area contributed by atoms with Crippen LogP contribution in [0.4, 0.5) is 9.93 Å². The Hall–Kier alpha value is -3.72. The zero-order valence-corrected chi connectivity index (χ0v) is 17.8. The molecule has 0 spiro atoms. The van der Waals surface area contributed by atoms with Gasteiger partial charge in [0.1, 0.15) is 12.6 Å². The topological polar surface area (TPSA) is 118 Å². The molecule has 0 aliphatic heterocycles. The minimum Gasteiger partial charge on any atom is -0.480 e. The summed E-state index contributed by atoms with van der Waals surface area (Å²) in [6, 6.07) is 14.8. The molecule has 4 rings (SSSR count). The van der Waals surface area contributed by atoms with E-state index in [-0.39, 0.29) is 25.5 Å². The third-order valence-corrected chi connectivity index (χ3v) is 6.16. The Labute approximate surface area is 188 Å². The van der Waals surface area contributed by atoms with Crippen molar-refractivity contribution in [1.29, 1.82) is 0 Å². The molecule has 2 aromatic carbocycles. The zero-order chi connectivity index (χ0) is 22.5. The summed E-state index contributed by atoms with van der Waals surface area (Å²) >= 11 is 1.17. The average Bonchev–Trinajstić information content (AvgIpc) is 3.39. The van der Waals surface area contributed by atoms with Gasteiger partial charge in [-0.1, -0.05) is 59.9 Å². The van der Waals surface area contributed by atoms with Crippen molar-refractivity contribution < 1.29 is 24.2 Å². The number of thiazole rings is 1. The molecule has 3 N–H and O–H groups in total. The number of benzene rings is 2. The molecule has 1 atom stereocenters. The Balaban J connectivity index is 1.33. The van der Waals surface area contributed by atoms with E-state index in [0.717, 1.165) is 22.3 Å². The second-order valence-electron chi connectivity index (χ2n) is 7.26. The molecule has 1 aromatic heterocycles. The molecule has 0 bridgehead atoms. The van der Waals surface area contributed by atoms with Crippen molar-refractivity contribution in [2.45, 2.75) is 18.4 Å². The van der Waals surface area contributed by atoms with Gasteiger partial charge in [-0.2, -0.15) is 0 Å². The number of carboxylic acids is 1. The summed E-state index contributed by atoms with van der Waals surface area (Å²) in [4.78, 5) is 39.1. The maximum absolute atomic E-state index is 12.3. The molecular weight excluding hydrogens is 430 g/mol. The molecule has 32 heavy (non-hydrogen) atoms. The van der Waals surface area contributed by atoms with Crippen LogP contribution in [-0.4, -0.2) is 47.6 Å². The van der Waals surface area contributed by atoms with E-state index in [9.17, 15) is 19.5 Å². The third kappa shape index (κ3) is 4.62. The average molecular weight is 452 g/mol. The number of aromatic nitrogens is 1. The molecule has 9 heteroatoms. The van der Waals surface area contributed by atoms with Crippen molar-refractivity contribution in [1.82, 2.24) is 10.3 Å². The zero-order valence-electron chi connectivity index (χ0n) is 17.0. The Morgan fingerprint density at radius 2 is 1.78 bits per heavy atom. The summed E-state index contributed by atoms with van der Waals surface area (Å²) < 4.78 is 5.42. The molecule has 8 nitrogen and oxygen atoms in total. The molecule has 0 fully saturated rings. The molecule has 0 saturated heterocycles. The number of alkyl carbamates (subject to hydrolysis) is 1. The van der Waals surface area contributed by atoms with Gasteiger partial charge in [0, 0.05) is 12.5 Å². The smallest absolute Gasteiger partial charge is 0.407 e. The molecule has 1 aliphatic rings. The Morgan fingerprint density at radius 3 is 2.38 bits per heavy atom. The number of anilines is 1. The third-order valence-electron chi connectivity index (χ3n) is 5.28. The van der Waals surface area contributed by atoms with Crippen LogP contribution in [-0.2, 0) is 9.53 Å². The number of carbonyl (C=O) groups excluding carboxylic acids is 2. The van der Waals surface area contributed by atoms with Gasteiger partial charge in [-0.3, -0.25) is 4.79 Å². The largest absolute Gasteiger partial charge is 0.480 e. The van der Waals surface area contributed by atoms with E-state index in [2.05, 4.69) is 15.6 Å². The Morgan fingerprint density at radius 1 is 1.12 bits per heavy atom. The van der Waals surface area contributed by atoms with E-state index in [1.54, 1.807) is 0 Å². The molecule has 1 aliphatic carbocycles. The quantitative estimate of drug-likeness (QED) is 0.424. The standard InChI is InChI=1S/C23H21N3O5S/c27-12-14-11-25-22(32-14)24-10-9-20(21(28)29)26-23(30)31-13-19-17-7-3-1-5-15(17)16-6-2-4-8-18(16)19/h1-8,11-12,19-20H,9-10,13H2,(H,24,25)(H,26,30)(H,28,29). The van der Waals surface area contributed by atoms with Crippen LogP contribution < -0.4 is 10.6 Å². The molecule has 164 valence electrons. The van der Waals surface area contributed by atoms with Crippen LogP contribution in [0.3, 0.4) is 0 Å². The predicted octanol–water partition coefficient (Wildman–Crippen LogP) is 3.75. The molecule has 0 saturated carbocycles. The summed E-state index contributed by atoms with van der Waals surface area (Å²) in [5.41, 5.74) is 4.40. The highest BCUT2D eigenvalue weighted by atomic mass is 32.1. The molecule has 1 amide bonds. The lowest BCUT2D eigenvalue weighted by molar-refractivity contribution is -0.139. The highest BCUT2D eigenvalue weighted by molar-refractivity contribution is 7.17. The van der Waals surface area contributed by atoms with Gasteiger partial charge in [0.05, 0.1) is 11.1 Å². The van der Waals surface area contributed by atoms with Gasteiger partial charge in [0.2, 0.25) is 0 Å². The van der Waals surface area contributed by atoms with Gasteiger partial charge in [-0.25, -0.2) is 14.6 Å². The van der Waals surface area contributed by atoms with Crippen molar-refractivity contribution in [2.75, 3.05) is 18.5 Å². The minimum atomic E-state index is -1.16. The van der Waals surface area contributed by atoms with Crippen molar-refractivity contribution in [3.63, 3.8) is 0 Å². The summed E-state index contributed by atoms with van der Waals surface area (Å²) in [5.74, 6) is -1.26. The first-order valence-electron chi connectivity index (χ1n) is 10.1. The maximum atomic E-state index is 12.3. The lowest BCUT2D eigenvalue weighted by Crippen LogP contribution is -2.42. The second-order valence-corrected chi connectivity index (χ2v) is 8.32. The lowest BCUT2D eigenvalue weighted by atomic mass is 9.98. The van der Waals surface area contributed by atoms with Crippen LogP contribution in [0.5, 0.6) is 0 Å². The Bertz CT molecular complexity index is 1100. The van der Waals surface area contributed by atoms with Gasteiger partial charge in [0.15, 0.2) is 11.4 Å². The normalized spacial score (nSPS) is 13.0. The van der Waals surface area contributed by atoms with Gasteiger partial charge >= 0.3 is 12.1 Å². The van der Waals surface area contributed by atoms with Crippen molar-refractivity contribution in [2.24, 2.45) is 0 Å². The second kappa shape index (κ2) is 9.61. The molecule has 0 radical (unpaired) electrons. The first kappa shape index (κ1) is 21.5. The fourth-order valence-electron chi connectivity index (χ4n) is 3.79. The van der Waals surface area contributed by atoms with Crippen LogP contribution in [0.25, 0.3) is 11.1 Å².